The van der Waals surface area contributed by atoms with Crippen molar-refractivity contribution >= 4 is 11.6 Å². The van der Waals surface area contributed by atoms with Crippen molar-refractivity contribution < 1.29 is 19.2 Å². The zero-order valence-corrected chi connectivity index (χ0v) is 15.6. The molecule has 6 nitrogen and oxygen atoms in total. The van der Waals surface area contributed by atoms with Gasteiger partial charge in [-0.1, -0.05) is 30.3 Å². The van der Waals surface area contributed by atoms with Crippen LogP contribution in [0.1, 0.15) is 18.4 Å². The highest BCUT2D eigenvalue weighted by molar-refractivity contribution is 5.87. The number of benzene rings is 2. The van der Waals surface area contributed by atoms with Crippen molar-refractivity contribution in [3.8, 4) is 11.5 Å². The van der Waals surface area contributed by atoms with Crippen molar-refractivity contribution in [1.29, 1.82) is 0 Å². The molecule has 0 radical (unpaired) electrons. The number of hydrogen-bond acceptors (Lipinski definition) is 4. The number of hydrazone groups is 1. The number of carbonyl (C=O) groups excluding carboxylic acids is 1. The molecule has 6 heteroatoms. The molecule has 0 spiro atoms. The van der Waals surface area contributed by atoms with Gasteiger partial charge in [0.05, 0.1) is 20.2 Å². The molecule has 1 aliphatic heterocycles. The molecule has 142 valence electrons. The number of ether oxygens (including phenoxy) is 2. The number of amides is 1. The van der Waals surface area contributed by atoms with Gasteiger partial charge in [-0.15, -0.1) is 0 Å². The Kier molecular flexibility index (Phi) is 6.82. The molecule has 1 aliphatic rings. The lowest BCUT2D eigenvalue weighted by Gasteiger charge is -2.24. The molecule has 0 unspecified atom stereocenters. The van der Waals surface area contributed by atoms with Gasteiger partial charge in [0.15, 0.2) is 6.61 Å². The molecule has 2 aromatic carbocycles. The molecule has 1 fully saturated rings. The summed E-state index contributed by atoms with van der Waals surface area (Å²) in [5.74, 6) is 1.12. The normalized spacial score (nSPS) is 16.5. The first-order valence-corrected chi connectivity index (χ1v) is 9.21. The highest BCUT2D eigenvalue weighted by Crippen LogP contribution is 2.16. The molecular formula is C21H26N3O3+. The van der Waals surface area contributed by atoms with Crippen LogP contribution in [-0.4, -0.2) is 38.4 Å². The summed E-state index contributed by atoms with van der Waals surface area (Å²) in [6.07, 6.45) is 1.81. The smallest absolute Gasteiger partial charge is 0.277 e. The molecular weight excluding hydrogens is 342 g/mol. The number of piperidine rings is 1. The number of rotatable bonds is 7. The van der Waals surface area contributed by atoms with Crippen LogP contribution >= 0.6 is 0 Å². The lowest BCUT2D eigenvalue weighted by atomic mass is 10.1. The van der Waals surface area contributed by atoms with E-state index >= 15 is 0 Å². The molecule has 0 atom stereocenters. The van der Waals surface area contributed by atoms with Crippen LogP contribution < -0.4 is 19.8 Å². The summed E-state index contributed by atoms with van der Waals surface area (Å²) in [4.78, 5) is 13.5. The molecule has 3 rings (SSSR count). The highest BCUT2D eigenvalue weighted by Gasteiger charge is 2.18. The van der Waals surface area contributed by atoms with Gasteiger partial charge in [-0.25, -0.2) is 5.43 Å². The fraction of sp³-hybridized carbons (Fsp3) is 0.333. The topological polar surface area (TPSA) is 64.4 Å². The third-order valence-corrected chi connectivity index (χ3v) is 4.60. The SMILES string of the molecule is COc1ccc(OCC(=O)NN=C2CC[NH+](Cc3ccccc3)CC2)cc1. The Morgan fingerprint density at radius 2 is 1.70 bits per heavy atom. The molecule has 27 heavy (non-hydrogen) atoms. The van der Waals surface area contributed by atoms with Crippen molar-refractivity contribution in [3.05, 3.63) is 60.2 Å². The molecule has 2 N–H and O–H groups in total. The van der Waals surface area contributed by atoms with E-state index in [1.54, 1.807) is 36.3 Å². The number of hydrogen-bond donors (Lipinski definition) is 2. The molecule has 0 saturated carbocycles. The van der Waals surface area contributed by atoms with E-state index in [0.29, 0.717) is 5.75 Å². The lowest BCUT2D eigenvalue weighted by Crippen LogP contribution is -3.11. The van der Waals surface area contributed by atoms with Crippen LogP contribution in [0.2, 0.25) is 0 Å². The zero-order valence-electron chi connectivity index (χ0n) is 15.6. The summed E-state index contributed by atoms with van der Waals surface area (Å²) < 4.78 is 10.5. The van der Waals surface area contributed by atoms with E-state index in [9.17, 15) is 4.79 Å². The maximum absolute atomic E-state index is 11.9. The Bertz CT molecular complexity index is 750. The van der Waals surface area contributed by atoms with Crippen molar-refractivity contribution in [2.45, 2.75) is 19.4 Å². The van der Waals surface area contributed by atoms with Gasteiger partial charge >= 0.3 is 0 Å². The van der Waals surface area contributed by atoms with E-state index in [1.807, 2.05) is 6.07 Å². The van der Waals surface area contributed by atoms with E-state index in [0.717, 1.165) is 43.9 Å². The predicted molar refractivity (Wildman–Crippen MR) is 104 cm³/mol. The van der Waals surface area contributed by atoms with Crippen molar-refractivity contribution in [3.63, 3.8) is 0 Å². The fourth-order valence-electron chi connectivity index (χ4n) is 3.06. The van der Waals surface area contributed by atoms with Crippen molar-refractivity contribution in [1.82, 2.24) is 5.43 Å². The van der Waals surface area contributed by atoms with Gasteiger partial charge in [0.25, 0.3) is 5.91 Å². The fourth-order valence-corrected chi connectivity index (χ4v) is 3.06. The predicted octanol–water partition coefficient (Wildman–Crippen LogP) is 1.43. The van der Waals surface area contributed by atoms with Gasteiger partial charge < -0.3 is 14.4 Å². The van der Waals surface area contributed by atoms with Crippen LogP contribution in [0.25, 0.3) is 0 Å². The quantitative estimate of drug-likeness (QED) is 0.727. The maximum atomic E-state index is 11.9. The summed E-state index contributed by atoms with van der Waals surface area (Å²) in [7, 11) is 1.61. The first kappa shape index (κ1) is 18.9. The number of nitrogens with one attached hydrogen (secondary N) is 2. The molecule has 1 heterocycles. The number of quaternary nitrogens is 1. The third kappa shape index (κ3) is 6.11. The lowest BCUT2D eigenvalue weighted by molar-refractivity contribution is -0.914. The Hall–Kier alpha value is -2.86. The Morgan fingerprint density at radius 3 is 2.37 bits per heavy atom. The van der Waals surface area contributed by atoms with Gasteiger partial charge in [-0.05, 0) is 24.3 Å². The van der Waals surface area contributed by atoms with Crippen LogP contribution in [0.5, 0.6) is 11.5 Å². The van der Waals surface area contributed by atoms with Crippen LogP contribution in [0.3, 0.4) is 0 Å². The van der Waals surface area contributed by atoms with Gasteiger partial charge in [0.1, 0.15) is 18.0 Å². The number of methoxy groups -OCH3 is 1. The summed E-state index contributed by atoms with van der Waals surface area (Å²) in [6, 6.07) is 17.6. The summed E-state index contributed by atoms with van der Waals surface area (Å²) >= 11 is 0. The second kappa shape index (κ2) is 9.73. The van der Waals surface area contributed by atoms with Crippen molar-refractivity contribution in [2.24, 2.45) is 5.10 Å². The second-order valence-corrected chi connectivity index (χ2v) is 6.59. The minimum Gasteiger partial charge on any atom is -0.497 e. The highest BCUT2D eigenvalue weighted by atomic mass is 16.5. The maximum Gasteiger partial charge on any atom is 0.277 e. The molecule has 0 aromatic heterocycles. The van der Waals surface area contributed by atoms with Gasteiger partial charge in [-0.3, -0.25) is 4.79 Å². The van der Waals surface area contributed by atoms with E-state index < -0.39 is 0 Å². The van der Waals surface area contributed by atoms with Gasteiger partial charge in [-0.2, -0.15) is 5.10 Å². The van der Waals surface area contributed by atoms with Crippen LogP contribution in [0, 0.1) is 0 Å². The zero-order chi connectivity index (χ0) is 18.9. The van der Waals surface area contributed by atoms with E-state index in [-0.39, 0.29) is 12.5 Å². The molecule has 0 aliphatic carbocycles. The first-order chi connectivity index (χ1) is 13.2. The van der Waals surface area contributed by atoms with Crippen LogP contribution in [0.4, 0.5) is 0 Å². The van der Waals surface area contributed by atoms with E-state index in [1.165, 1.54) is 5.56 Å². The summed E-state index contributed by atoms with van der Waals surface area (Å²) in [6.45, 7) is 3.04. The third-order valence-electron chi connectivity index (χ3n) is 4.60. The average molecular weight is 368 g/mol. The molecule has 2 aromatic rings. The number of nitrogens with zero attached hydrogens (tertiary/aromatic N) is 1. The second-order valence-electron chi connectivity index (χ2n) is 6.59. The summed E-state index contributed by atoms with van der Waals surface area (Å²) in [5.41, 5.74) is 5.00. The van der Waals surface area contributed by atoms with Crippen LogP contribution in [-0.2, 0) is 11.3 Å². The Balaban J connectivity index is 1.37. The first-order valence-electron chi connectivity index (χ1n) is 9.21. The monoisotopic (exact) mass is 368 g/mol. The molecule has 1 amide bonds. The van der Waals surface area contributed by atoms with Gasteiger partial charge in [0.2, 0.25) is 0 Å². The Labute approximate surface area is 159 Å². The van der Waals surface area contributed by atoms with Crippen LogP contribution in [0.15, 0.2) is 59.7 Å². The standard InChI is InChI=1S/C21H25N3O3/c1-26-19-7-9-20(10-8-19)27-16-21(25)23-22-18-11-13-24(14-12-18)15-17-5-3-2-4-6-17/h2-10H,11-16H2,1H3,(H,23,25)/p+1. The van der Waals surface area contributed by atoms with E-state index in [4.69, 9.17) is 9.47 Å². The largest absolute Gasteiger partial charge is 0.497 e. The minimum absolute atomic E-state index is 0.0610. The molecule has 0 bridgehead atoms. The summed E-state index contributed by atoms with van der Waals surface area (Å²) in [5, 5.41) is 4.27. The number of carbonyl (C=O) groups is 1. The molecule has 1 saturated heterocycles. The van der Waals surface area contributed by atoms with Crippen molar-refractivity contribution in [2.75, 3.05) is 26.8 Å². The average Bonchev–Trinajstić information content (AvgIpc) is 2.73. The number of likely N-dealkylation sites (tertiary alicyclic amines) is 1. The minimum atomic E-state index is -0.252. The van der Waals surface area contributed by atoms with Gasteiger partial charge in [0, 0.05) is 24.1 Å². The Morgan fingerprint density at radius 1 is 1.04 bits per heavy atom. The van der Waals surface area contributed by atoms with E-state index in [2.05, 4.69) is 34.8 Å².